The Morgan fingerprint density at radius 1 is 1.06 bits per heavy atom. The van der Waals surface area contributed by atoms with Gasteiger partial charge in [0.05, 0.1) is 0 Å². The molecule has 2 rings (SSSR count). The van der Waals surface area contributed by atoms with Gasteiger partial charge in [-0.15, -0.1) is 0 Å². The van der Waals surface area contributed by atoms with Gasteiger partial charge in [0.1, 0.15) is 0 Å². The molecule has 0 unspecified atom stereocenters. The van der Waals surface area contributed by atoms with E-state index in [0.29, 0.717) is 24.8 Å². The van der Waals surface area contributed by atoms with Crippen LogP contribution in [0.4, 0.5) is 4.79 Å². The van der Waals surface area contributed by atoms with E-state index in [1.807, 2.05) is 41.8 Å². The number of likely N-dealkylation sites (tertiary alicyclic amines) is 1. The van der Waals surface area contributed by atoms with Crippen LogP contribution in [0.5, 0.6) is 0 Å². The molecule has 0 atom stereocenters. The third kappa shape index (κ3) is 10.8. The number of unbranched alkanes of at least 4 members (excludes halogenated alkanes) is 5. The predicted octanol–water partition coefficient (Wildman–Crippen LogP) is 6.50. The molecular formula is C29H47N3O2. The maximum Gasteiger partial charge on any atom is 0.317 e. The lowest BCUT2D eigenvalue weighted by atomic mass is 9.95. The van der Waals surface area contributed by atoms with Crippen LogP contribution in [0.3, 0.4) is 0 Å². The van der Waals surface area contributed by atoms with Crippen LogP contribution in [-0.2, 0) is 4.79 Å². The molecule has 5 nitrogen and oxygen atoms in total. The normalized spacial score (nSPS) is 15.0. The Labute approximate surface area is 208 Å². The molecule has 190 valence electrons. The largest absolute Gasteiger partial charge is 0.343 e. The molecule has 0 aliphatic carbocycles. The van der Waals surface area contributed by atoms with Gasteiger partial charge in [-0.1, -0.05) is 81.0 Å². The van der Waals surface area contributed by atoms with Crippen molar-refractivity contribution in [2.45, 2.75) is 91.5 Å². The molecule has 1 aliphatic rings. The van der Waals surface area contributed by atoms with E-state index in [-0.39, 0.29) is 12.1 Å². The second kappa shape index (κ2) is 15.6. The van der Waals surface area contributed by atoms with Crippen LogP contribution in [0.25, 0.3) is 6.08 Å². The summed E-state index contributed by atoms with van der Waals surface area (Å²) < 4.78 is 0. The first-order chi connectivity index (χ1) is 16.4. The molecule has 1 aromatic rings. The van der Waals surface area contributed by atoms with E-state index in [1.165, 1.54) is 25.7 Å². The Kier molecular flexibility index (Phi) is 12.8. The average Bonchev–Trinajstić information content (AvgIpc) is 2.81. The third-order valence-electron chi connectivity index (χ3n) is 6.54. The van der Waals surface area contributed by atoms with E-state index in [9.17, 15) is 9.59 Å². The summed E-state index contributed by atoms with van der Waals surface area (Å²) in [6.07, 6.45) is 12.0. The Bertz CT molecular complexity index is 752. The Morgan fingerprint density at radius 3 is 2.35 bits per heavy atom. The molecule has 5 heteroatoms. The highest BCUT2D eigenvalue weighted by Gasteiger charge is 2.26. The van der Waals surface area contributed by atoms with Crippen molar-refractivity contribution in [3.05, 3.63) is 41.5 Å². The summed E-state index contributed by atoms with van der Waals surface area (Å²) in [5.41, 5.74) is 2.32. The van der Waals surface area contributed by atoms with E-state index in [1.54, 1.807) is 0 Å². The highest BCUT2D eigenvalue weighted by Crippen LogP contribution is 2.21. The number of piperidine rings is 1. The highest BCUT2D eigenvalue weighted by atomic mass is 16.2. The number of carbonyl (C=O) groups excluding carboxylic acids is 2. The van der Waals surface area contributed by atoms with Gasteiger partial charge in [-0.25, -0.2) is 4.79 Å². The number of hydrogen-bond acceptors (Lipinski definition) is 2. The van der Waals surface area contributed by atoms with E-state index in [2.05, 4.69) is 37.4 Å². The Hall–Kier alpha value is -2.30. The molecule has 1 N–H and O–H groups in total. The summed E-state index contributed by atoms with van der Waals surface area (Å²) in [6.45, 7) is 11.3. The third-order valence-corrected chi connectivity index (χ3v) is 6.54. The lowest BCUT2D eigenvalue weighted by Crippen LogP contribution is -2.47. The summed E-state index contributed by atoms with van der Waals surface area (Å²) in [4.78, 5) is 29.5. The van der Waals surface area contributed by atoms with E-state index < -0.39 is 0 Å². The molecule has 1 aliphatic heterocycles. The van der Waals surface area contributed by atoms with Gasteiger partial charge < -0.3 is 15.1 Å². The van der Waals surface area contributed by atoms with Crippen molar-refractivity contribution >= 4 is 18.0 Å². The first-order valence-electron chi connectivity index (χ1n) is 13.4. The van der Waals surface area contributed by atoms with Gasteiger partial charge >= 0.3 is 6.03 Å². The fraction of sp³-hybridized carbons (Fsp3) is 0.655. The van der Waals surface area contributed by atoms with Crippen molar-refractivity contribution in [1.82, 2.24) is 15.1 Å². The zero-order valence-corrected chi connectivity index (χ0v) is 22.0. The van der Waals surface area contributed by atoms with Crippen molar-refractivity contribution in [2.24, 2.45) is 5.92 Å². The number of nitrogens with one attached hydrogen (secondary N) is 1. The van der Waals surface area contributed by atoms with Gasteiger partial charge in [-0.3, -0.25) is 4.79 Å². The van der Waals surface area contributed by atoms with Gasteiger partial charge in [-0.05, 0) is 51.5 Å². The fourth-order valence-corrected chi connectivity index (χ4v) is 4.63. The van der Waals surface area contributed by atoms with Crippen LogP contribution in [0, 0.1) is 5.92 Å². The minimum atomic E-state index is -0.00242. The standard InChI is InChI=1S/C29H47N3O2/c1-5-6-7-8-9-13-16-28(33)31-19-17-27(18-20-31)23-32(29(34)30-24(2)3)22-25(4)21-26-14-11-10-12-15-26/h10-12,14-15,21,24,27H,5-9,13,16-20,22-23H2,1-4H3,(H,30,34)/b25-21+. The Morgan fingerprint density at radius 2 is 1.71 bits per heavy atom. The number of carbonyl (C=O) groups is 2. The zero-order valence-electron chi connectivity index (χ0n) is 22.0. The predicted molar refractivity (Wildman–Crippen MR) is 143 cm³/mol. The number of benzene rings is 1. The van der Waals surface area contributed by atoms with Crippen LogP contribution in [0.1, 0.15) is 91.0 Å². The van der Waals surface area contributed by atoms with Crippen molar-refractivity contribution in [2.75, 3.05) is 26.2 Å². The van der Waals surface area contributed by atoms with Crippen molar-refractivity contribution in [1.29, 1.82) is 0 Å². The second-order valence-electron chi connectivity index (χ2n) is 10.2. The number of nitrogens with zero attached hydrogens (tertiary/aromatic N) is 2. The fourth-order valence-electron chi connectivity index (χ4n) is 4.63. The van der Waals surface area contributed by atoms with Crippen LogP contribution < -0.4 is 5.32 Å². The van der Waals surface area contributed by atoms with E-state index in [4.69, 9.17) is 0 Å². The summed E-state index contributed by atoms with van der Waals surface area (Å²) in [5, 5.41) is 3.07. The van der Waals surface area contributed by atoms with Crippen LogP contribution >= 0.6 is 0 Å². The topological polar surface area (TPSA) is 52.7 Å². The van der Waals surface area contributed by atoms with Crippen LogP contribution in [0.15, 0.2) is 35.9 Å². The molecule has 1 heterocycles. The highest BCUT2D eigenvalue weighted by molar-refractivity contribution is 5.76. The first-order valence-corrected chi connectivity index (χ1v) is 13.4. The molecule has 0 radical (unpaired) electrons. The summed E-state index contributed by atoms with van der Waals surface area (Å²) >= 11 is 0. The monoisotopic (exact) mass is 469 g/mol. The van der Waals surface area contributed by atoms with Gasteiger partial charge in [0.25, 0.3) is 0 Å². The van der Waals surface area contributed by atoms with Gasteiger partial charge in [0.2, 0.25) is 5.91 Å². The summed E-state index contributed by atoms with van der Waals surface area (Å²) in [6, 6.07) is 10.3. The van der Waals surface area contributed by atoms with Gasteiger partial charge in [-0.2, -0.15) is 0 Å². The maximum atomic E-state index is 12.9. The summed E-state index contributed by atoms with van der Waals surface area (Å²) in [7, 11) is 0. The lowest BCUT2D eigenvalue weighted by molar-refractivity contribution is -0.132. The molecule has 0 spiro atoms. The number of hydrogen-bond donors (Lipinski definition) is 1. The number of rotatable bonds is 13. The molecule has 34 heavy (non-hydrogen) atoms. The van der Waals surface area contributed by atoms with Crippen molar-refractivity contribution in [3.63, 3.8) is 0 Å². The first kappa shape index (κ1) is 27.9. The quantitative estimate of drug-likeness (QED) is 0.335. The minimum absolute atomic E-state index is 0.00242. The molecule has 0 saturated carbocycles. The molecule has 0 aromatic heterocycles. The molecule has 1 saturated heterocycles. The molecule has 1 aromatic carbocycles. The molecule has 0 bridgehead atoms. The SMILES string of the molecule is CCCCCCCCC(=O)N1CCC(CN(C/C(C)=C/c2ccccc2)C(=O)NC(C)C)CC1. The smallest absolute Gasteiger partial charge is 0.317 e. The van der Waals surface area contributed by atoms with Crippen molar-refractivity contribution in [3.8, 4) is 0 Å². The molecule has 3 amide bonds. The van der Waals surface area contributed by atoms with Crippen LogP contribution in [-0.4, -0.2) is 54.0 Å². The van der Waals surface area contributed by atoms with Gasteiger partial charge in [0, 0.05) is 38.6 Å². The second-order valence-corrected chi connectivity index (χ2v) is 10.2. The average molecular weight is 470 g/mol. The van der Waals surface area contributed by atoms with E-state index >= 15 is 0 Å². The minimum Gasteiger partial charge on any atom is -0.343 e. The molecular weight excluding hydrogens is 422 g/mol. The zero-order chi connectivity index (χ0) is 24.8. The van der Waals surface area contributed by atoms with E-state index in [0.717, 1.165) is 56.5 Å². The summed E-state index contributed by atoms with van der Waals surface area (Å²) in [5.74, 6) is 0.741. The lowest BCUT2D eigenvalue weighted by Gasteiger charge is -2.35. The maximum absolute atomic E-state index is 12.9. The number of urea groups is 1. The molecule has 1 fully saturated rings. The van der Waals surface area contributed by atoms with Crippen molar-refractivity contribution < 1.29 is 9.59 Å². The van der Waals surface area contributed by atoms with Crippen LogP contribution in [0.2, 0.25) is 0 Å². The van der Waals surface area contributed by atoms with Gasteiger partial charge in [0.15, 0.2) is 0 Å². The Balaban J connectivity index is 1.84. The number of amides is 3.